The van der Waals surface area contributed by atoms with Crippen LogP contribution in [0.4, 0.5) is 4.79 Å². The van der Waals surface area contributed by atoms with Gasteiger partial charge in [0.15, 0.2) is 0 Å². The van der Waals surface area contributed by atoms with Crippen LogP contribution in [0.25, 0.3) is 0 Å². The van der Waals surface area contributed by atoms with Gasteiger partial charge in [-0.1, -0.05) is 0 Å². The number of ether oxygens (including phenoxy) is 3. The zero-order chi connectivity index (χ0) is 15.1. The van der Waals surface area contributed by atoms with Crippen molar-refractivity contribution >= 4 is 12.1 Å². The second-order valence-electron chi connectivity index (χ2n) is 6.93. The van der Waals surface area contributed by atoms with Crippen LogP contribution in [-0.2, 0) is 19.0 Å². The van der Waals surface area contributed by atoms with E-state index in [4.69, 9.17) is 14.2 Å². The monoisotopic (exact) mass is 296 g/mol. The quantitative estimate of drug-likeness (QED) is 0.746. The molecule has 2 atom stereocenters. The number of hydrogen-bond donors (Lipinski definition) is 0. The lowest BCUT2D eigenvalue weighted by molar-refractivity contribution is -0.199. The molecular weight excluding hydrogens is 272 g/mol. The van der Waals surface area contributed by atoms with Gasteiger partial charge in [0.25, 0.3) is 0 Å². The standard InChI is InChI=1S/C16H24O5/c1-3-19-13(17)15-6-11-5-12(7-15)9-16(8-11,10-15)21-14(18)20-4-2/h11-12H,3-10H2,1-2H3. The van der Waals surface area contributed by atoms with Gasteiger partial charge in [0.1, 0.15) is 5.60 Å². The zero-order valence-electron chi connectivity index (χ0n) is 12.9. The zero-order valence-corrected chi connectivity index (χ0v) is 12.9. The first-order valence-electron chi connectivity index (χ1n) is 8.04. The van der Waals surface area contributed by atoms with E-state index >= 15 is 0 Å². The third-order valence-electron chi connectivity index (χ3n) is 5.28. The van der Waals surface area contributed by atoms with Crippen molar-refractivity contribution in [2.45, 2.75) is 58.0 Å². The van der Waals surface area contributed by atoms with Gasteiger partial charge in [-0.3, -0.25) is 4.79 Å². The summed E-state index contributed by atoms with van der Waals surface area (Å²) in [6.07, 6.45) is 4.65. The maximum Gasteiger partial charge on any atom is 0.508 e. The Kier molecular flexibility index (Phi) is 3.62. The molecule has 118 valence electrons. The van der Waals surface area contributed by atoms with Crippen LogP contribution in [0.15, 0.2) is 0 Å². The molecule has 4 fully saturated rings. The average molecular weight is 296 g/mol. The van der Waals surface area contributed by atoms with Crippen molar-refractivity contribution in [2.24, 2.45) is 17.3 Å². The van der Waals surface area contributed by atoms with Crippen LogP contribution in [-0.4, -0.2) is 30.9 Å². The molecule has 0 saturated heterocycles. The third kappa shape index (κ3) is 2.51. The topological polar surface area (TPSA) is 61.8 Å². The molecule has 2 unspecified atom stereocenters. The molecule has 0 aromatic carbocycles. The fourth-order valence-corrected chi connectivity index (χ4v) is 5.15. The SMILES string of the molecule is CCOC(=O)OC12CC3CC(C1)CC(C(=O)OCC)(C3)C2. The molecule has 0 aromatic heterocycles. The number of carbonyl (C=O) groups is 2. The van der Waals surface area contributed by atoms with Crippen molar-refractivity contribution in [1.82, 2.24) is 0 Å². The normalized spacial score (nSPS) is 39.9. The molecule has 4 aliphatic rings. The Bertz CT molecular complexity index is 430. The van der Waals surface area contributed by atoms with Gasteiger partial charge >= 0.3 is 12.1 Å². The first-order chi connectivity index (χ1) is 10.0. The molecule has 0 radical (unpaired) electrons. The summed E-state index contributed by atoms with van der Waals surface area (Å²) in [5.41, 5.74) is -0.949. The van der Waals surface area contributed by atoms with E-state index in [1.807, 2.05) is 6.92 Å². The first-order valence-corrected chi connectivity index (χ1v) is 8.04. The smallest absolute Gasteiger partial charge is 0.466 e. The highest BCUT2D eigenvalue weighted by Gasteiger charge is 2.63. The second-order valence-corrected chi connectivity index (χ2v) is 6.93. The Balaban J connectivity index is 1.81. The lowest BCUT2D eigenvalue weighted by Crippen LogP contribution is -2.60. The minimum Gasteiger partial charge on any atom is -0.466 e. The maximum absolute atomic E-state index is 12.5. The predicted molar refractivity (Wildman–Crippen MR) is 74.6 cm³/mol. The van der Waals surface area contributed by atoms with E-state index in [0.29, 0.717) is 31.5 Å². The molecule has 4 rings (SSSR count). The van der Waals surface area contributed by atoms with Crippen LogP contribution in [0.3, 0.4) is 0 Å². The molecule has 4 saturated carbocycles. The first kappa shape index (κ1) is 14.7. The summed E-state index contributed by atoms with van der Waals surface area (Å²) in [6, 6.07) is 0. The molecule has 0 heterocycles. The van der Waals surface area contributed by atoms with E-state index in [2.05, 4.69) is 0 Å². The van der Waals surface area contributed by atoms with Gasteiger partial charge in [0, 0.05) is 6.42 Å². The molecular formula is C16H24O5. The number of rotatable bonds is 4. The Labute approximate surface area is 125 Å². The second kappa shape index (κ2) is 5.18. The van der Waals surface area contributed by atoms with Gasteiger partial charge in [-0.25, -0.2) is 4.79 Å². The third-order valence-corrected chi connectivity index (χ3v) is 5.28. The largest absolute Gasteiger partial charge is 0.508 e. The summed E-state index contributed by atoms with van der Waals surface area (Å²) in [5.74, 6) is 0.825. The summed E-state index contributed by atoms with van der Waals surface area (Å²) < 4.78 is 15.9. The highest BCUT2D eigenvalue weighted by Crippen LogP contribution is 2.63. The fraction of sp³-hybridized carbons (Fsp3) is 0.875. The molecule has 5 nitrogen and oxygen atoms in total. The van der Waals surface area contributed by atoms with Gasteiger partial charge < -0.3 is 14.2 Å². The minimum atomic E-state index is -0.599. The molecule has 0 amide bonds. The summed E-state index contributed by atoms with van der Waals surface area (Å²) in [6.45, 7) is 4.32. The van der Waals surface area contributed by atoms with Crippen LogP contribution in [0.1, 0.15) is 52.4 Å². The Morgan fingerprint density at radius 1 is 1.00 bits per heavy atom. The van der Waals surface area contributed by atoms with Gasteiger partial charge in [-0.2, -0.15) is 0 Å². The van der Waals surface area contributed by atoms with Gasteiger partial charge in [-0.15, -0.1) is 0 Å². The lowest BCUT2D eigenvalue weighted by Gasteiger charge is -2.59. The number of hydrogen-bond acceptors (Lipinski definition) is 5. The molecule has 0 spiro atoms. The van der Waals surface area contributed by atoms with Gasteiger partial charge in [0.05, 0.1) is 18.6 Å². The van der Waals surface area contributed by atoms with Gasteiger partial charge in [-0.05, 0) is 57.8 Å². The molecule has 4 aliphatic carbocycles. The van der Waals surface area contributed by atoms with Crippen molar-refractivity contribution in [3.63, 3.8) is 0 Å². The average Bonchev–Trinajstić information content (AvgIpc) is 2.36. The maximum atomic E-state index is 12.5. The van der Waals surface area contributed by atoms with Crippen molar-refractivity contribution in [3.05, 3.63) is 0 Å². The van der Waals surface area contributed by atoms with Crippen LogP contribution in [0.5, 0.6) is 0 Å². The molecule has 21 heavy (non-hydrogen) atoms. The van der Waals surface area contributed by atoms with E-state index in [9.17, 15) is 9.59 Å². The van der Waals surface area contributed by atoms with Crippen LogP contribution < -0.4 is 0 Å². The van der Waals surface area contributed by atoms with Gasteiger partial charge in [0.2, 0.25) is 0 Å². The van der Waals surface area contributed by atoms with E-state index in [1.54, 1.807) is 6.92 Å². The van der Waals surface area contributed by atoms with E-state index in [0.717, 1.165) is 32.1 Å². The Morgan fingerprint density at radius 3 is 2.19 bits per heavy atom. The van der Waals surface area contributed by atoms with E-state index in [-0.39, 0.29) is 5.97 Å². The summed E-state index contributed by atoms with van der Waals surface area (Å²) in [7, 11) is 0. The van der Waals surface area contributed by atoms with Crippen molar-refractivity contribution in [2.75, 3.05) is 13.2 Å². The number of esters is 1. The summed E-state index contributed by atoms with van der Waals surface area (Å²) in [4.78, 5) is 24.2. The van der Waals surface area contributed by atoms with Crippen molar-refractivity contribution < 1.29 is 23.8 Å². The van der Waals surface area contributed by atoms with Crippen molar-refractivity contribution in [1.29, 1.82) is 0 Å². The van der Waals surface area contributed by atoms with Crippen LogP contribution >= 0.6 is 0 Å². The summed E-state index contributed by atoms with van der Waals surface area (Å²) >= 11 is 0. The highest BCUT2D eigenvalue weighted by atomic mass is 16.7. The highest BCUT2D eigenvalue weighted by molar-refractivity contribution is 5.78. The Morgan fingerprint density at radius 2 is 1.62 bits per heavy atom. The van der Waals surface area contributed by atoms with E-state index < -0.39 is 17.2 Å². The minimum absolute atomic E-state index is 0.101. The molecule has 5 heteroatoms. The fourth-order valence-electron chi connectivity index (χ4n) is 5.15. The van der Waals surface area contributed by atoms with Crippen LogP contribution in [0.2, 0.25) is 0 Å². The lowest BCUT2D eigenvalue weighted by atomic mass is 9.48. The van der Waals surface area contributed by atoms with E-state index in [1.165, 1.54) is 0 Å². The Hall–Kier alpha value is -1.26. The number of carbonyl (C=O) groups excluding carboxylic acids is 2. The molecule has 4 bridgehead atoms. The van der Waals surface area contributed by atoms with Crippen molar-refractivity contribution in [3.8, 4) is 0 Å². The molecule has 0 N–H and O–H groups in total. The van der Waals surface area contributed by atoms with Crippen LogP contribution in [0, 0.1) is 17.3 Å². The molecule has 0 aromatic rings. The summed E-state index contributed by atoms with van der Waals surface area (Å²) in [5, 5.41) is 0. The predicted octanol–water partition coefficient (Wildman–Crippen LogP) is 3.06. The molecule has 0 aliphatic heterocycles.